The molecule has 0 aliphatic heterocycles. The fourth-order valence-electron chi connectivity index (χ4n) is 2.80. The van der Waals surface area contributed by atoms with E-state index in [9.17, 15) is 0 Å². The first-order valence-electron chi connectivity index (χ1n) is 8.48. The summed E-state index contributed by atoms with van der Waals surface area (Å²) >= 11 is 0. The van der Waals surface area contributed by atoms with Gasteiger partial charge in [-0.25, -0.2) is 0 Å². The minimum atomic E-state index is 0.335. The molecule has 7 heteroatoms. The number of guanidine groups is 1. The number of nitrogens with one attached hydrogen (secondary N) is 2. The molecule has 0 aromatic carbocycles. The maximum atomic E-state index is 5.24. The van der Waals surface area contributed by atoms with Gasteiger partial charge >= 0.3 is 0 Å². The highest BCUT2D eigenvalue weighted by atomic mass is 16.5. The van der Waals surface area contributed by atoms with Crippen molar-refractivity contribution in [2.24, 2.45) is 10.4 Å². The van der Waals surface area contributed by atoms with Crippen molar-refractivity contribution in [3.63, 3.8) is 0 Å². The zero-order chi connectivity index (χ0) is 16.5. The summed E-state index contributed by atoms with van der Waals surface area (Å²) in [5, 5.41) is 10.4. The van der Waals surface area contributed by atoms with Crippen LogP contribution in [-0.4, -0.2) is 49.5 Å². The largest absolute Gasteiger partial charge is 0.385 e. The Labute approximate surface area is 138 Å². The smallest absolute Gasteiger partial charge is 0.228 e. The Morgan fingerprint density at radius 2 is 2.22 bits per heavy atom. The predicted octanol–water partition coefficient (Wildman–Crippen LogP) is 1.68. The second-order valence-corrected chi connectivity index (χ2v) is 6.20. The van der Waals surface area contributed by atoms with Crippen molar-refractivity contribution in [1.29, 1.82) is 0 Å². The molecule has 1 aliphatic carbocycles. The van der Waals surface area contributed by atoms with E-state index in [1.54, 1.807) is 7.11 Å². The summed E-state index contributed by atoms with van der Waals surface area (Å²) in [4.78, 5) is 8.97. The van der Waals surface area contributed by atoms with E-state index in [1.807, 2.05) is 6.92 Å². The minimum absolute atomic E-state index is 0.335. The van der Waals surface area contributed by atoms with Crippen molar-refractivity contribution in [3.05, 3.63) is 11.7 Å². The number of hydrogen-bond acceptors (Lipinski definition) is 5. The lowest BCUT2D eigenvalue weighted by atomic mass is 9.67. The van der Waals surface area contributed by atoms with Crippen LogP contribution in [0, 0.1) is 12.3 Å². The van der Waals surface area contributed by atoms with Gasteiger partial charge in [0, 0.05) is 39.8 Å². The molecule has 1 saturated carbocycles. The van der Waals surface area contributed by atoms with Crippen LogP contribution >= 0.6 is 0 Å². The first-order valence-corrected chi connectivity index (χ1v) is 8.48. The molecule has 1 aromatic rings. The van der Waals surface area contributed by atoms with Crippen LogP contribution in [0.25, 0.3) is 0 Å². The average Bonchev–Trinajstić information content (AvgIpc) is 2.91. The van der Waals surface area contributed by atoms with Gasteiger partial charge in [-0.2, -0.15) is 4.98 Å². The molecule has 0 unspecified atom stereocenters. The van der Waals surface area contributed by atoms with Gasteiger partial charge in [0.05, 0.1) is 0 Å². The van der Waals surface area contributed by atoms with Crippen molar-refractivity contribution in [3.8, 4) is 0 Å². The highest BCUT2D eigenvalue weighted by Crippen LogP contribution is 2.44. The summed E-state index contributed by atoms with van der Waals surface area (Å²) in [5.74, 6) is 2.18. The van der Waals surface area contributed by atoms with Crippen molar-refractivity contribution in [2.45, 2.75) is 46.0 Å². The van der Waals surface area contributed by atoms with Gasteiger partial charge < -0.3 is 19.9 Å². The van der Waals surface area contributed by atoms with Gasteiger partial charge in [0.2, 0.25) is 5.89 Å². The molecule has 1 aliphatic rings. The van der Waals surface area contributed by atoms with E-state index in [0.717, 1.165) is 38.6 Å². The average molecular weight is 323 g/mol. The second-order valence-electron chi connectivity index (χ2n) is 6.20. The highest BCUT2D eigenvalue weighted by molar-refractivity contribution is 5.79. The third-order valence-electron chi connectivity index (χ3n) is 4.37. The van der Waals surface area contributed by atoms with Gasteiger partial charge in [0.1, 0.15) is 0 Å². The first-order chi connectivity index (χ1) is 11.2. The van der Waals surface area contributed by atoms with E-state index in [0.29, 0.717) is 23.6 Å². The van der Waals surface area contributed by atoms with Crippen molar-refractivity contribution < 1.29 is 9.26 Å². The molecule has 130 valence electrons. The van der Waals surface area contributed by atoms with Crippen LogP contribution < -0.4 is 10.6 Å². The van der Waals surface area contributed by atoms with Gasteiger partial charge in [-0.3, -0.25) is 4.99 Å². The lowest BCUT2D eigenvalue weighted by molar-refractivity contribution is 0.0778. The summed E-state index contributed by atoms with van der Waals surface area (Å²) in [6.45, 7) is 7.13. The second kappa shape index (κ2) is 8.86. The normalized spacial score (nSPS) is 16.9. The van der Waals surface area contributed by atoms with E-state index in [4.69, 9.17) is 14.3 Å². The number of methoxy groups -OCH3 is 1. The van der Waals surface area contributed by atoms with Crippen LogP contribution in [0.3, 0.4) is 0 Å². The molecule has 0 bridgehead atoms. The van der Waals surface area contributed by atoms with E-state index in [-0.39, 0.29) is 0 Å². The third kappa shape index (κ3) is 5.49. The summed E-state index contributed by atoms with van der Waals surface area (Å²) in [5.41, 5.74) is 0.335. The topological polar surface area (TPSA) is 84.6 Å². The molecule has 7 nitrogen and oxygen atoms in total. The standard InChI is InChI=1S/C16H29N5O2/c1-4-17-15(18-10-6-14-20-13(2)21-23-14)19-12-16(7-5-8-16)9-11-22-3/h4-12H2,1-3H3,(H2,17,18,19). The lowest BCUT2D eigenvalue weighted by Crippen LogP contribution is -2.41. The summed E-state index contributed by atoms with van der Waals surface area (Å²) in [7, 11) is 1.76. The predicted molar refractivity (Wildman–Crippen MR) is 89.5 cm³/mol. The van der Waals surface area contributed by atoms with Crippen LogP contribution in [0.4, 0.5) is 0 Å². The van der Waals surface area contributed by atoms with Gasteiger partial charge in [0.15, 0.2) is 11.8 Å². The maximum absolute atomic E-state index is 5.24. The van der Waals surface area contributed by atoms with Crippen LogP contribution in [0.15, 0.2) is 9.52 Å². The molecule has 0 spiro atoms. The summed E-state index contributed by atoms with van der Waals surface area (Å²) in [6.07, 6.45) is 5.59. The van der Waals surface area contributed by atoms with Crippen LogP contribution in [-0.2, 0) is 11.2 Å². The monoisotopic (exact) mass is 323 g/mol. The molecule has 1 heterocycles. The zero-order valence-electron chi connectivity index (χ0n) is 14.5. The molecule has 23 heavy (non-hydrogen) atoms. The molecule has 0 radical (unpaired) electrons. The number of nitrogens with zero attached hydrogens (tertiary/aromatic N) is 3. The van der Waals surface area contributed by atoms with Gasteiger partial charge in [-0.15, -0.1) is 0 Å². The molecular formula is C16H29N5O2. The minimum Gasteiger partial charge on any atom is -0.385 e. The maximum Gasteiger partial charge on any atom is 0.228 e. The fourth-order valence-corrected chi connectivity index (χ4v) is 2.80. The fraction of sp³-hybridized carbons (Fsp3) is 0.812. The molecule has 0 atom stereocenters. The quantitative estimate of drug-likeness (QED) is 0.531. The molecule has 1 aromatic heterocycles. The van der Waals surface area contributed by atoms with Gasteiger partial charge in [-0.1, -0.05) is 11.6 Å². The Hall–Kier alpha value is -1.63. The van der Waals surface area contributed by atoms with Gasteiger partial charge in [-0.05, 0) is 38.5 Å². The SMILES string of the molecule is CCNC(=NCC1(CCOC)CCC1)NCCc1nc(C)no1. The number of ether oxygens (including phenoxy) is 1. The lowest BCUT2D eigenvalue weighted by Gasteiger charge is -2.40. The molecule has 2 N–H and O–H groups in total. The van der Waals surface area contributed by atoms with Crippen LogP contribution in [0.5, 0.6) is 0 Å². The number of aromatic nitrogens is 2. The van der Waals surface area contributed by atoms with Crippen LogP contribution in [0.1, 0.15) is 44.3 Å². The van der Waals surface area contributed by atoms with E-state index in [2.05, 4.69) is 27.7 Å². The Morgan fingerprint density at radius 3 is 2.78 bits per heavy atom. The third-order valence-corrected chi connectivity index (χ3v) is 4.37. The molecule has 2 rings (SSSR count). The van der Waals surface area contributed by atoms with E-state index >= 15 is 0 Å². The Morgan fingerprint density at radius 1 is 1.39 bits per heavy atom. The summed E-state index contributed by atoms with van der Waals surface area (Å²) < 4.78 is 10.4. The number of rotatable bonds is 9. The number of hydrogen-bond donors (Lipinski definition) is 2. The Bertz CT molecular complexity index is 496. The molecule has 0 saturated heterocycles. The van der Waals surface area contributed by atoms with Crippen molar-refractivity contribution in [2.75, 3.05) is 33.4 Å². The van der Waals surface area contributed by atoms with Crippen molar-refractivity contribution >= 4 is 5.96 Å². The zero-order valence-corrected chi connectivity index (χ0v) is 14.5. The number of aryl methyl sites for hydroxylation is 1. The van der Waals surface area contributed by atoms with Crippen LogP contribution in [0.2, 0.25) is 0 Å². The van der Waals surface area contributed by atoms with Gasteiger partial charge in [0.25, 0.3) is 0 Å². The number of aliphatic imine (C=N–C) groups is 1. The first kappa shape index (κ1) is 17.7. The summed E-state index contributed by atoms with van der Waals surface area (Å²) in [6, 6.07) is 0. The Balaban J connectivity index is 1.81. The molecule has 1 fully saturated rings. The van der Waals surface area contributed by atoms with E-state index in [1.165, 1.54) is 19.3 Å². The van der Waals surface area contributed by atoms with Crippen molar-refractivity contribution in [1.82, 2.24) is 20.8 Å². The Kier molecular flexibility index (Phi) is 6.83. The highest BCUT2D eigenvalue weighted by Gasteiger charge is 2.36. The van der Waals surface area contributed by atoms with E-state index < -0.39 is 0 Å². The molecular weight excluding hydrogens is 294 g/mol. The molecule has 0 amide bonds.